The normalized spacial score (nSPS) is 10.7. The van der Waals surface area contributed by atoms with Crippen molar-refractivity contribution >= 4 is 28.5 Å². The molecule has 0 unspecified atom stereocenters. The van der Waals surface area contributed by atoms with E-state index >= 15 is 0 Å². The Kier molecular flexibility index (Phi) is 2.89. The average molecular weight is 272 g/mol. The third-order valence-corrected chi connectivity index (χ3v) is 4.78. The van der Waals surface area contributed by atoms with Gasteiger partial charge in [0.25, 0.3) is 0 Å². The summed E-state index contributed by atoms with van der Waals surface area (Å²) in [5, 5.41) is 3.07. The lowest BCUT2D eigenvalue weighted by molar-refractivity contribution is 1.41. The van der Waals surface area contributed by atoms with Crippen molar-refractivity contribution in [1.29, 1.82) is 0 Å². The van der Waals surface area contributed by atoms with E-state index in [0.717, 1.165) is 15.4 Å². The minimum atomic E-state index is 0.625. The van der Waals surface area contributed by atoms with Gasteiger partial charge in [-0.1, -0.05) is 30.3 Å². The lowest BCUT2D eigenvalue weighted by Crippen LogP contribution is -1.87. The zero-order valence-electron chi connectivity index (χ0n) is 9.88. The SMILES string of the molecule is Cc1sccc1-c1sc(-c2ccccc2)nc1N. The van der Waals surface area contributed by atoms with Crippen molar-refractivity contribution in [3.05, 3.63) is 46.7 Å². The van der Waals surface area contributed by atoms with Gasteiger partial charge in [-0.25, -0.2) is 4.98 Å². The summed E-state index contributed by atoms with van der Waals surface area (Å²) in [5.41, 5.74) is 8.37. The van der Waals surface area contributed by atoms with Gasteiger partial charge in [-0.3, -0.25) is 0 Å². The van der Waals surface area contributed by atoms with Crippen LogP contribution < -0.4 is 5.73 Å². The largest absolute Gasteiger partial charge is 0.382 e. The topological polar surface area (TPSA) is 38.9 Å². The summed E-state index contributed by atoms with van der Waals surface area (Å²) in [6.07, 6.45) is 0. The van der Waals surface area contributed by atoms with Gasteiger partial charge in [0.05, 0.1) is 4.88 Å². The van der Waals surface area contributed by atoms with Crippen LogP contribution in [0.25, 0.3) is 21.0 Å². The Bertz CT molecular complexity index is 668. The second-order valence-electron chi connectivity index (χ2n) is 3.99. The number of benzene rings is 1. The third-order valence-electron chi connectivity index (χ3n) is 2.78. The summed E-state index contributed by atoms with van der Waals surface area (Å²) in [7, 11) is 0. The molecule has 0 bridgehead atoms. The standard InChI is InChI=1S/C14H12N2S2/c1-9-11(7-8-17-9)12-13(15)16-14(18-12)10-5-3-2-4-6-10/h2-8H,15H2,1H3. The van der Waals surface area contributed by atoms with Crippen LogP contribution in [0.1, 0.15) is 4.88 Å². The summed E-state index contributed by atoms with van der Waals surface area (Å²) in [6.45, 7) is 2.11. The van der Waals surface area contributed by atoms with Gasteiger partial charge in [-0.05, 0) is 18.4 Å². The Morgan fingerprint density at radius 2 is 1.89 bits per heavy atom. The van der Waals surface area contributed by atoms with Gasteiger partial charge >= 0.3 is 0 Å². The summed E-state index contributed by atoms with van der Waals surface area (Å²) in [4.78, 5) is 6.84. The Labute approximate surface area is 114 Å². The average Bonchev–Trinajstić information content (AvgIpc) is 2.96. The summed E-state index contributed by atoms with van der Waals surface area (Å²) < 4.78 is 0. The lowest BCUT2D eigenvalue weighted by Gasteiger charge is -1.95. The van der Waals surface area contributed by atoms with E-state index in [4.69, 9.17) is 5.73 Å². The Morgan fingerprint density at radius 3 is 2.56 bits per heavy atom. The summed E-state index contributed by atoms with van der Waals surface area (Å²) in [6, 6.07) is 12.3. The molecule has 0 fully saturated rings. The van der Waals surface area contributed by atoms with E-state index in [1.165, 1.54) is 10.4 Å². The molecule has 90 valence electrons. The number of anilines is 1. The second-order valence-corrected chi connectivity index (χ2v) is 6.11. The van der Waals surface area contributed by atoms with Crippen LogP contribution in [0.3, 0.4) is 0 Å². The van der Waals surface area contributed by atoms with Gasteiger partial charge in [-0.15, -0.1) is 22.7 Å². The lowest BCUT2D eigenvalue weighted by atomic mass is 10.2. The van der Waals surface area contributed by atoms with E-state index in [0.29, 0.717) is 5.82 Å². The van der Waals surface area contributed by atoms with Crippen LogP contribution in [0.2, 0.25) is 0 Å². The number of rotatable bonds is 2. The second kappa shape index (κ2) is 4.55. The van der Waals surface area contributed by atoms with Gasteiger partial charge in [0, 0.05) is 16.0 Å². The molecule has 1 aromatic carbocycles. The van der Waals surface area contributed by atoms with Gasteiger partial charge < -0.3 is 5.73 Å². The molecule has 18 heavy (non-hydrogen) atoms. The molecule has 0 amide bonds. The van der Waals surface area contributed by atoms with Crippen LogP contribution in [-0.2, 0) is 0 Å². The fourth-order valence-corrected chi connectivity index (χ4v) is 3.69. The predicted molar refractivity (Wildman–Crippen MR) is 80.0 cm³/mol. The zero-order valence-corrected chi connectivity index (χ0v) is 11.5. The maximum Gasteiger partial charge on any atom is 0.143 e. The molecule has 2 N–H and O–H groups in total. The van der Waals surface area contributed by atoms with Gasteiger partial charge in [0.1, 0.15) is 10.8 Å². The molecule has 0 aliphatic carbocycles. The molecule has 4 heteroatoms. The van der Waals surface area contributed by atoms with Crippen molar-refractivity contribution in [1.82, 2.24) is 4.98 Å². The number of aryl methyl sites for hydroxylation is 1. The first-order valence-corrected chi connectivity index (χ1v) is 7.31. The smallest absolute Gasteiger partial charge is 0.143 e. The first kappa shape index (κ1) is 11.4. The number of thiophene rings is 1. The number of aromatic nitrogens is 1. The monoisotopic (exact) mass is 272 g/mol. The van der Waals surface area contributed by atoms with Crippen LogP contribution in [0, 0.1) is 6.92 Å². The van der Waals surface area contributed by atoms with Crippen molar-refractivity contribution in [2.45, 2.75) is 6.92 Å². The maximum absolute atomic E-state index is 6.04. The third kappa shape index (κ3) is 1.94. The van der Waals surface area contributed by atoms with Crippen molar-refractivity contribution in [3.63, 3.8) is 0 Å². The summed E-state index contributed by atoms with van der Waals surface area (Å²) in [5.74, 6) is 0.625. The predicted octanol–water partition coefficient (Wildman–Crippen LogP) is 4.43. The van der Waals surface area contributed by atoms with Crippen LogP contribution in [0.4, 0.5) is 5.82 Å². The van der Waals surface area contributed by atoms with E-state index in [1.54, 1.807) is 22.7 Å². The van der Waals surface area contributed by atoms with Gasteiger partial charge in [0.2, 0.25) is 0 Å². The highest BCUT2D eigenvalue weighted by Crippen LogP contribution is 2.39. The van der Waals surface area contributed by atoms with E-state index in [2.05, 4.69) is 35.5 Å². The van der Waals surface area contributed by atoms with Crippen molar-refractivity contribution in [2.24, 2.45) is 0 Å². The van der Waals surface area contributed by atoms with Crippen LogP contribution >= 0.6 is 22.7 Å². The van der Waals surface area contributed by atoms with Crippen LogP contribution in [0.5, 0.6) is 0 Å². The molecule has 3 rings (SSSR count). The number of nitrogen functional groups attached to an aromatic ring is 1. The molecular weight excluding hydrogens is 260 g/mol. The molecule has 3 aromatic rings. The highest BCUT2D eigenvalue weighted by atomic mass is 32.1. The molecule has 2 aromatic heterocycles. The molecule has 0 atom stereocenters. The minimum absolute atomic E-state index is 0.625. The molecule has 0 spiro atoms. The number of hydrogen-bond acceptors (Lipinski definition) is 4. The maximum atomic E-state index is 6.04. The molecule has 0 saturated carbocycles. The Balaban J connectivity index is 2.10. The number of nitrogens with two attached hydrogens (primary N) is 1. The van der Waals surface area contributed by atoms with E-state index in [1.807, 2.05) is 18.2 Å². The van der Waals surface area contributed by atoms with Crippen molar-refractivity contribution < 1.29 is 0 Å². The quantitative estimate of drug-likeness (QED) is 0.749. The minimum Gasteiger partial charge on any atom is -0.382 e. The number of thiazole rings is 1. The molecule has 2 nitrogen and oxygen atoms in total. The summed E-state index contributed by atoms with van der Waals surface area (Å²) >= 11 is 3.39. The first-order chi connectivity index (χ1) is 8.75. The van der Waals surface area contributed by atoms with Crippen LogP contribution in [0.15, 0.2) is 41.8 Å². The first-order valence-electron chi connectivity index (χ1n) is 5.62. The van der Waals surface area contributed by atoms with Crippen LogP contribution in [-0.4, -0.2) is 4.98 Å². The number of nitrogens with zero attached hydrogens (tertiary/aromatic N) is 1. The molecule has 2 heterocycles. The van der Waals surface area contributed by atoms with E-state index < -0.39 is 0 Å². The fraction of sp³-hybridized carbons (Fsp3) is 0.0714. The van der Waals surface area contributed by atoms with Crippen molar-refractivity contribution in [3.8, 4) is 21.0 Å². The van der Waals surface area contributed by atoms with E-state index in [9.17, 15) is 0 Å². The fourth-order valence-electron chi connectivity index (χ4n) is 1.85. The molecule has 0 radical (unpaired) electrons. The highest BCUT2D eigenvalue weighted by molar-refractivity contribution is 7.19. The number of hydrogen-bond donors (Lipinski definition) is 1. The van der Waals surface area contributed by atoms with Gasteiger partial charge in [-0.2, -0.15) is 0 Å². The molecule has 0 aliphatic rings. The van der Waals surface area contributed by atoms with Crippen molar-refractivity contribution in [2.75, 3.05) is 5.73 Å². The molecule has 0 aliphatic heterocycles. The Hall–Kier alpha value is -1.65. The molecular formula is C14H12N2S2. The van der Waals surface area contributed by atoms with Gasteiger partial charge in [0.15, 0.2) is 0 Å². The Morgan fingerprint density at radius 1 is 1.11 bits per heavy atom. The van der Waals surface area contributed by atoms with E-state index in [-0.39, 0.29) is 0 Å². The molecule has 0 saturated heterocycles. The zero-order chi connectivity index (χ0) is 12.5. The highest BCUT2D eigenvalue weighted by Gasteiger charge is 2.13.